The normalized spacial score (nSPS) is 15.8. The van der Waals surface area contributed by atoms with Crippen molar-refractivity contribution < 1.29 is 23.2 Å². The van der Waals surface area contributed by atoms with Gasteiger partial charge in [-0.2, -0.15) is 4.98 Å². The molecule has 4 rings (SSSR count). The predicted octanol–water partition coefficient (Wildman–Crippen LogP) is 2.73. The highest BCUT2D eigenvalue weighted by Crippen LogP contribution is 2.27. The van der Waals surface area contributed by atoms with Crippen molar-refractivity contribution in [2.24, 2.45) is 0 Å². The van der Waals surface area contributed by atoms with E-state index in [-0.39, 0.29) is 49.0 Å². The van der Waals surface area contributed by atoms with Crippen molar-refractivity contribution in [1.29, 1.82) is 0 Å². The minimum atomic E-state index is -0.313. The molecule has 0 unspecified atom stereocenters. The summed E-state index contributed by atoms with van der Waals surface area (Å²) in [5.74, 6) is 0.461. The maximum atomic E-state index is 13.1. The molecular formula is C23H23FN4O4. The number of carbonyl (C=O) groups excluding carboxylic acids is 2. The Kier molecular flexibility index (Phi) is 6.44. The molecule has 2 amide bonds. The number of benzene rings is 2. The number of aryl methyl sites for hydroxylation is 1. The van der Waals surface area contributed by atoms with Crippen LogP contribution in [0.4, 0.5) is 4.39 Å². The Labute approximate surface area is 184 Å². The number of halogens is 1. The van der Waals surface area contributed by atoms with Crippen LogP contribution < -0.4 is 10.1 Å². The molecule has 0 aliphatic carbocycles. The van der Waals surface area contributed by atoms with Crippen LogP contribution in [0.5, 0.6) is 5.75 Å². The molecule has 3 aromatic rings. The Morgan fingerprint density at radius 2 is 1.97 bits per heavy atom. The van der Waals surface area contributed by atoms with Crippen LogP contribution in [0.2, 0.25) is 0 Å². The molecule has 2 heterocycles. The molecule has 8 nitrogen and oxygen atoms in total. The van der Waals surface area contributed by atoms with Gasteiger partial charge >= 0.3 is 0 Å². The first-order valence-electron chi connectivity index (χ1n) is 10.3. The maximum Gasteiger partial charge on any atom is 0.258 e. The number of likely N-dealkylation sites (tertiary alicyclic amines) is 1. The van der Waals surface area contributed by atoms with Crippen molar-refractivity contribution in [2.75, 3.05) is 13.2 Å². The zero-order chi connectivity index (χ0) is 22.5. The van der Waals surface area contributed by atoms with Crippen molar-refractivity contribution in [3.63, 3.8) is 0 Å². The van der Waals surface area contributed by atoms with Gasteiger partial charge in [-0.1, -0.05) is 35.0 Å². The summed E-state index contributed by atoms with van der Waals surface area (Å²) in [5, 5.41) is 6.64. The molecule has 166 valence electrons. The van der Waals surface area contributed by atoms with Crippen LogP contribution in [-0.4, -0.2) is 40.0 Å². The fourth-order valence-electron chi connectivity index (χ4n) is 3.42. The van der Waals surface area contributed by atoms with E-state index >= 15 is 0 Å². The Balaban J connectivity index is 1.25. The summed E-state index contributed by atoms with van der Waals surface area (Å²) in [5.41, 5.74) is 1.96. The summed E-state index contributed by atoms with van der Waals surface area (Å²) in [4.78, 5) is 30.4. The molecule has 1 fully saturated rings. The van der Waals surface area contributed by atoms with Gasteiger partial charge in [0.05, 0.1) is 6.54 Å². The van der Waals surface area contributed by atoms with Gasteiger partial charge in [0.2, 0.25) is 11.8 Å². The van der Waals surface area contributed by atoms with Crippen LogP contribution in [0.15, 0.2) is 53.1 Å². The number of hydrogen-bond acceptors (Lipinski definition) is 6. The number of nitrogens with zero attached hydrogens (tertiary/aromatic N) is 3. The molecule has 0 radical (unpaired) electrons. The van der Waals surface area contributed by atoms with E-state index in [1.165, 1.54) is 12.1 Å². The average Bonchev–Trinajstić information content (AvgIpc) is 3.40. The monoisotopic (exact) mass is 438 g/mol. The van der Waals surface area contributed by atoms with Crippen LogP contribution in [0.25, 0.3) is 0 Å². The van der Waals surface area contributed by atoms with E-state index in [0.29, 0.717) is 24.7 Å². The lowest BCUT2D eigenvalue weighted by Gasteiger charge is -2.16. The van der Waals surface area contributed by atoms with Gasteiger partial charge in [0, 0.05) is 25.4 Å². The van der Waals surface area contributed by atoms with E-state index in [1.807, 2.05) is 19.1 Å². The SMILES string of the molecule is Cc1ccc(OCC(=O)NCc2nc([C@@H]3CC(=O)N(Cc4ccc(F)cc4)C3)no2)cc1. The first kappa shape index (κ1) is 21.5. The van der Waals surface area contributed by atoms with Gasteiger partial charge in [0.1, 0.15) is 11.6 Å². The van der Waals surface area contributed by atoms with Crippen LogP contribution in [0.1, 0.15) is 35.2 Å². The van der Waals surface area contributed by atoms with Crippen LogP contribution >= 0.6 is 0 Å². The van der Waals surface area contributed by atoms with Gasteiger partial charge in [-0.25, -0.2) is 4.39 Å². The van der Waals surface area contributed by atoms with Gasteiger partial charge in [-0.15, -0.1) is 0 Å². The summed E-state index contributed by atoms with van der Waals surface area (Å²) < 4.78 is 23.7. The van der Waals surface area contributed by atoms with Crippen molar-refractivity contribution >= 4 is 11.8 Å². The zero-order valence-corrected chi connectivity index (χ0v) is 17.6. The molecule has 9 heteroatoms. The lowest BCUT2D eigenvalue weighted by molar-refractivity contribution is -0.128. The molecule has 1 saturated heterocycles. The van der Waals surface area contributed by atoms with Crippen LogP contribution in [0, 0.1) is 12.7 Å². The van der Waals surface area contributed by atoms with E-state index in [1.54, 1.807) is 29.2 Å². The maximum absolute atomic E-state index is 13.1. The molecule has 1 N–H and O–H groups in total. The minimum absolute atomic E-state index is 0.0211. The molecule has 0 bridgehead atoms. The highest BCUT2D eigenvalue weighted by atomic mass is 19.1. The third-order valence-electron chi connectivity index (χ3n) is 5.18. The molecule has 0 saturated carbocycles. The van der Waals surface area contributed by atoms with Crippen molar-refractivity contribution in [1.82, 2.24) is 20.4 Å². The van der Waals surface area contributed by atoms with Gasteiger partial charge < -0.3 is 19.5 Å². The van der Waals surface area contributed by atoms with E-state index in [2.05, 4.69) is 15.5 Å². The largest absolute Gasteiger partial charge is 0.484 e. The number of carbonyl (C=O) groups is 2. The minimum Gasteiger partial charge on any atom is -0.484 e. The highest BCUT2D eigenvalue weighted by Gasteiger charge is 2.33. The smallest absolute Gasteiger partial charge is 0.258 e. The number of aromatic nitrogens is 2. The van der Waals surface area contributed by atoms with Crippen LogP contribution in [0.3, 0.4) is 0 Å². The first-order chi connectivity index (χ1) is 15.5. The second kappa shape index (κ2) is 9.59. The van der Waals surface area contributed by atoms with Gasteiger partial charge in [-0.3, -0.25) is 9.59 Å². The second-order valence-corrected chi connectivity index (χ2v) is 7.73. The molecule has 1 atom stereocenters. The lowest BCUT2D eigenvalue weighted by atomic mass is 10.1. The molecule has 2 aromatic carbocycles. The van der Waals surface area contributed by atoms with Gasteiger partial charge in [-0.05, 0) is 36.8 Å². The van der Waals surface area contributed by atoms with Crippen molar-refractivity contribution in [2.45, 2.75) is 32.4 Å². The summed E-state index contributed by atoms with van der Waals surface area (Å²) in [6, 6.07) is 13.5. The second-order valence-electron chi connectivity index (χ2n) is 7.73. The number of rotatable bonds is 8. The van der Waals surface area contributed by atoms with E-state index in [4.69, 9.17) is 9.26 Å². The molecule has 0 spiro atoms. The Morgan fingerprint density at radius 1 is 1.22 bits per heavy atom. The highest BCUT2D eigenvalue weighted by molar-refractivity contribution is 5.79. The Bertz CT molecular complexity index is 1080. The molecule has 1 aliphatic heterocycles. The lowest BCUT2D eigenvalue weighted by Crippen LogP contribution is -2.28. The number of nitrogens with one attached hydrogen (secondary N) is 1. The Morgan fingerprint density at radius 3 is 2.72 bits per heavy atom. The van der Waals surface area contributed by atoms with E-state index < -0.39 is 0 Å². The molecular weight excluding hydrogens is 415 g/mol. The Hall–Kier alpha value is -3.75. The topological polar surface area (TPSA) is 97.6 Å². The number of amides is 2. The van der Waals surface area contributed by atoms with Crippen molar-refractivity contribution in [3.8, 4) is 5.75 Å². The van der Waals surface area contributed by atoms with Crippen molar-refractivity contribution in [3.05, 3.63) is 77.2 Å². The number of ether oxygens (including phenoxy) is 1. The quantitative estimate of drug-likeness (QED) is 0.581. The summed E-state index contributed by atoms with van der Waals surface area (Å²) in [6.07, 6.45) is 0.275. The van der Waals surface area contributed by atoms with E-state index in [9.17, 15) is 14.0 Å². The molecule has 32 heavy (non-hydrogen) atoms. The molecule has 1 aliphatic rings. The van der Waals surface area contributed by atoms with Gasteiger partial charge in [0.25, 0.3) is 5.91 Å². The number of hydrogen-bond donors (Lipinski definition) is 1. The fourth-order valence-corrected chi connectivity index (χ4v) is 3.42. The van der Waals surface area contributed by atoms with Crippen LogP contribution in [-0.2, 0) is 22.7 Å². The third kappa shape index (κ3) is 5.48. The van der Waals surface area contributed by atoms with Gasteiger partial charge in [0.15, 0.2) is 12.4 Å². The average molecular weight is 438 g/mol. The summed E-state index contributed by atoms with van der Waals surface area (Å²) in [6.45, 7) is 2.77. The standard InChI is InChI=1S/C23H23FN4O4/c1-15-2-8-19(9-3-15)31-14-20(29)25-11-21-26-23(27-32-21)17-10-22(30)28(13-17)12-16-4-6-18(24)7-5-16/h2-9,17H,10-14H2,1H3,(H,25,29)/t17-/m1/s1. The third-order valence-corrected chi connectivity index (χ3v) is 5.18. The molecule has 1 aromatic heterocycles. The summed E-state index contributed by atoms with van der Waals surface area (Å²) >= 11 is 0. The van der Waals surface area contributed by atoms with E-state index in [0.717, 1.165) is 11.1 Å². The fraction of sp³-hybridized carbons (Fsp3) is 0.304. The zero-order valence-electron chi connectivity index (χ0n) is 17.6. The summed E-state index contributed by atoms with van der Waals surface area (Å²) in [7, 11) is 0. The first-order valence-corrected chi connectivity index (χ1v) is 10.3. The predicted molar refractivity (Wildman–Crippen MR) is 112 cm³/mol.